The highest BCUT2D eigenvalue weighted by atomic mass is 32.2. The molecule has 0 atom stereocenters. The van der Waals surface area contributed by atoms with E-state index in [0.29, 0.717) is 11.3 Å². The maximum Gasteiger partial charge on any atom is 0.405 e. The average Bonchev–Trinajstić information content (AvgIpc) is 2.82. The largest absolute Gasteiger partial charge is 0.497 e. The molecule has 0 bridgehead atoms. The van der Waals surface area contributed by atoms with Crippen molar-refractivity contribution in [1.82, 2.24) is 14.5 Å². The number of rotatable bonds is 6. The van der Waals surface area contributed by atoms with Gasteiger partial charge in [-0.1, -0.05) is 0 Å². The highest BCUT2D eigenvalue weighted by molar-refractivity contribution is 7.89. The molecule has 12 heteroatoms. The van der Waals surface area contributed by atoms with E-state index in [4.69, 9.17) is 4.74 Å². The molecule has 1 aliphatic heterocycles. The van der Waals surface area contributed by atoms with Crippen LogP contribution in [-0.2, 0) is 10.0 Å². The minimum atomic E-state index is -4.55. The van der Waals surface area contributed by atoms with Crippen molar-refractivity contribution in [1.29, 1.82) is 0 Å². The Bertz CT molecular complexity index is 1100. The number of carbonyl (C=O) groups is 2. The summed E-state index contributed by atoms with van der Waals surface area (Å²) in [5.41, 5.74) is 0.375. The third kappa shape index (κ3) is 6.02. The molecule has 1 aliphatic rings. The number of hydrogen-bond donors (Lipinski definition) is 1. The lowest BCUT2D eigenvalue weighted by Gasteiger charge is -2.34. The van der Waals surface area contributed by atoms with Crippen molar-refractivity contribution in [3.8, 4) is 5.75 Å². The van der Waals surface area contributed by atoms with Crippen molar-refractivity contribution in [2.24, 2.45) is 0 Å². The van der Waals surface area contributed by atoms with Gasteiger partial charge >= 0.3 is 6.18 Å². The van der Waals surface area contributed by atoms with Crippen LogP contribution in [-0.4, -0.2) is 75.4 Å². The Balaban J connectivity index is 1.61. The van der Waals surface area contributed by atoms with E-state index in [1.807, 2.05) is 0 Å². The first-order valence-corrected chi connectivity index (χ1v) is 11.3. The van der Waals surface area contributed by atoms with Crippen LogP contribution in [0.5, 0.6) is 5.75 Å². The predicted molar refractivity (Wildman–Crippen MR) is 112 cm³/mol. The summed E-state index contributed by atoms with van der Waals surface area (Å²) in [5, 5.41) is 1.73. The van der Waals surface area contributed by atoms with E-state index in [0.717, 1.165) is 12.1 Å². The summed E-state index contributed by atoms with van der Waals surface area (Å²) < 4.78 is 68.8. The van der Waals surface area contributed by atoms with Gasteiger partial charge in [0.15, 0.2) is 0 Å². The summed E-state index contributed by atoms with van der Waals surface area (Å²) >= 11 is 0. The maximum absolute atomic E-state index is 12.9. The number of nitrogens with zero attached hydrogens (tertiary/aromatic N) is 2. The van der Waals surface area contributed by atoms with Gasteiger partial charge in [-0.05, 0) is 48.5 Å². The number of carbonyl (C=O) groups excluding carboxylic acids is 2. The van der Waals surface area contributed by atoms with Crippen molar-refractivity contribution >= 4 is 21.8 Å². The van der Waals surface area contributed by atoms with Gasteiger partial charge in [-0.25, -0.2) is 8.42 Å². The van der Waals surface area contributed by atoms with Crippen LogP contribution in [0, 0.1) is 0 Å². The highest BCUT2D eigenvalue weighted by Gasteiger charge is 2.31. The number of methoxy groups -OCH3 is 1. The molecule has 2 aromatic rings. The Morgan fingerprint density at radius 3 is 2.00 bits per heavy atom. The second-order valence-electron chi connectivity index (χ2n) is 7.25. The van der Waals surface area contributed by atoms with Gasteiger partial charge in [0.2, 0.25) is 10.0 Å². The van der Waals surface area contributed by atoms with E-state index in [2.05, 4.69) is 0 Å². The third-order valence-electron chi connectivity index (χ3n) is 5.07. The molecular weight excluding hydrogens is 463 g/mol. The second kappa shape index (κ2) is 9.79. The van der Waals surface area contributed by atoms with Gasteiger partial charge in [0.25, 0.3) is 11.8 Å². The van der Waals surface area contributed by atoms with Crippen LogP contribution in [0.2, 0.25) is 0 Å². The Hall–Kier alpha value is -3.12. The van der Waals surface area contributed by atoms with Gasteiger partial charge in [0.1, 0.15) is 12.3 Å². The zero-order chi connectivity index (χ0) is 24.2. The Labute approximate surface area is 189 Å². The minimum Gasteiger partial charge on any atom is -0.497 e. The molecule has 2 amide bonds. The van der Waals surface area contributed by atoms with E-state index in [-0.39, 0.29) is 42.5 Å². The van der Waals surface area contributed by atoms with Crippen LogP contribution in [0.15, 0.2) is 53.4 Å². The van der Waals surface area contributed by atoms with Crippen molar-refractivity contribution in [2.75, 3.05) is 39.8 Å². The molecule has 0 aliphatic carbocycles. The molecule has 0 saturated carbocycles. The molecule has 1 fully saturated rings. The van der Waals surface area contributed by atoms with Crippen LogP contribution in [0.1, 0.15) is 20.7 Å². The Kier molecular flexibility index (Phi) is 7.28. The number of amides is 2. The number of sulfonamides is 1. The lowest BCUT2D eigenvalue weighted by atomic mass is 10.2. The predicted octanol–water partition coefficient (Wildman–Crippen LogP) is 2.13. The van der Waals surface area contributed by atoms with Crippen LogP contribution in [0.25, 0.3) is 0 Å². The van der Waals surface area contributed by atoms with Crippen molar-refractivity contribution in [3.63, 3.8) is 0 Å². The first-order chi connectivity index (χ1) is 15.5. The number of hydrogen-bond acceptors (Lipinski definition) is 5. The zero-order valence-electron chi connectivity index (χ0n) is 17.6. The molecule has 8 nitrogen and oxygen atoms in total. The van der Waals surface area contributed by atoms with Crippen molar-refractivity contribution in [2.45, 2.75) is 11.1 Å². The number of alkyl halides is 3. The topological polar surface area (TPSA) is 96.0 Å². The van der Waals surface area contributed by atoms with Crippen LogP contribution in [0.4, 0.5) is 13.2 Å². The number of halogens is 3. The molecule has 178 valence electrons. The first-order valence-electron chi connectivity index (χ1n) is 9.90. The summed E-state index contributed by atoms with van der Waals surface area (Å²) in [6.07, 6.45) is -4.55. The lowest BCUT2D eigenvalue weighted by Crippen LogP contribution is -2.50. The summed E-state index contributed by atoms with van der Waals surface area (Å²) in [6, 6.07) is 11.3. The molecule has 2 aromatic carbocycles. The molecule has 3 rings (SSSR count). The third-order valence-corrected chi connectivity index (χ3v) is 6.98. The fraction of sp³-hybridized carbons (Fsp3) is 0.333. The highest BCUT2D eigenvalue weighted by Crippen LogP contribution is 2.20. The summed E-state index contributed by atoms with van der Waals surface area (Å²) in [4.78, 5) is 25.9. The first kappa shape index (κ1) is 24.5. The number of ether oxygens (including phenoxy) is 1. The Morgan fingerprint density at radius 2 is 1.48 bits per heavy atom. The second-order valence-corrected chi connectivity index (χ2v) is 9.18. The zero-order valence-corrected chi connectivity index (χ0v) is 18.4. The van der Waals surface area contributed by atoms with Crippen LogP contribution in [0.3, 0.4) is 0 Å². The fourth-order valence-corrected chi connectivity index (χ4v) is 4.68. The Morgan fingerprint density at radius 1 is 0.939 bits per heavy atom. The van der Waals surface area contributed by atoms with Gasteiger partial charge < -0.3 is 15.0 Å². The number of piperazine rings is 1. The molecule has 1 heterocycles. The van der Waals surface area contributed by atoms with E-state index in [9.17, 15) is 31.2 Å². The summed E-state index contributed by atoms with van der Waals surface area (Å²) in [6.45, 7) is -0.925. The quantitative estimate of drug-likeness (QED) is 0.677. The summed E-state index contributed by atoms with van der Waals surface area (Å²) in [5.74, 6) is -0.558. The van der Waals surface area contributed by atoms with Gasteiger partial charge in [0, 0.05) is 37.3 Å². The van der Waals surface area contributed by atoms with Gasteiger partial charge in [-0.2, -0.15) is 17.5 Å². The molecule has 0 spiro atoms. The smallest absolute Gasteiger partial charge is 0.405 e. The monoisotopic (exact) mass is 485 g/mol. The van der Waals surface area contributed by atoms with Crippen molar-refractivity contribution in [3.05, 3.63) is 59.7 Å². The number of benzene rings is 2. The SMILES string of the molecule is COc1ccc(C(=O)N2CCN(S(=O)(=O)c3ccc(C(=O)NCC(F)(F)F)cc3)CC2)cc1. The maximum atomic E-state index is 12.9. The molecule has 33 heavy (non-hydrogen) atoms. The van der Waals surface area contributed by atoms with E-state index in [1.54, 1.807) is 34.5 Å². The van der Waals surface area contributed by atoms with Crippen LogP contribution < -0.4 is 10.1 Å². The molecule has 0 unspecified atom stereocenters. The normalized spacial score (nSPS) is 15.2. The molecule has 0 radical (unpaired) electrons. The van der Waals surface area contributed by atoms with Gasteiger partial charge in [-0.3, -0.25) is 9.59 Å². The molecular formula is C21H22F3N3O5S. The average molecular weight is 485 g/mol. The molecule has 0 aromatic heterocycles. The van der Waals surface area contributed by atoms with E-state index < -0.39 is 28.7 Å². The minimum absolute atomic E-state index is 0.0814. The fourth-order valence-electron chi connectivity index (χ4n) is 3.26. The number of nitrogens with one attached hydrogen (secondary N) is 1. The molecule has 1 saturated heterocycles. The van der Waals surface area contributed by atoms with Crippen molar-refractivity contribution < 1.29 is 35.9 Å². The van der Waals surface area contributed by atoms with Crippen LogP contribution >= 0.6 is 0 Å². The standard InChI is InChI=1S/C21H22F3N3O5S/c1-32-17-6-2-16(3-7-17)20(29)26-10-12-27(13-11-26)33(30,31)18-8-4-15(5-9-18)19(28)25-14-21(22,23)24/h2-9H,10-14H2,1H3,(H,25,28). The van der Waals surface area contributed by atoms with E-state index >= 15 is 0 Å². The lowest BCUT2D eigenvalue weighted by molar-refractivity contribution is -0.123. The summed E-state index contributed by atoms with van der Waals surface area (Å²) in [7, 11) is -2.38. The molecule has 1 N–H and O–H groups in total. The van der Waals surface area contributed by atoms with Gasteiger partial charge in [-0.15, -0.1) is 0 Å². The van der Waals surface area contributed by atoms with E-state index in [1.165, 1.54) is 23.5 Å². The van der Waals surface area contributed by atoms with Gasteiger partial charge in [0.05, 0.1) is 12.0 Å².